The zero-order valence-electron chi connectivity index (χ0n) is 23.8. The first-order valence-electron chi connectivity index (χ1n) is 13.1. The summed E-state index contributed by atoms with van der Waals surface area (Å²) >= 11 is 0. The van der Waals surface area contributed by atoms with Crippen molar-refractivity contribution in [1.29, 1.82) is 0 Å². The molecule has 0 radical (unpaired) electrons. The molecule has 1 atom stereocenters. The molecule has 0 spiro atoms. The van der Waals surface area contributed by atoms with Gasteiger partial charge in [-0.2, -0.15) is 8.78 Å². The van der Waals surface area contributed by atoms with E-state index in [9.17, 15) is 70.2 Å². The van der Waals surface area contributed by atoms with Gasteiger partial charge in [-0.05, 0) is 0 Å². The number of halogens is 21. The second-order valence-electron chi connectivity index (χ2n) is 10.4. The minimum atomic E-state index is -5.63. The van der Waals surface area contributed by atoms with E-state index in [4.69, 9.17) is 0 Å². The molecule has 0 aliphatic heterocycles. The van der Waals surface area contributed by atoms with E-state index < -0.39 is 173 Å². The van der Waals surface area contributed by atoms with Crippen LogP contribution in [0.25, 0.3) is 27.4 Å². The molecule has 1 unspecified atom stereocenters. The van der Waals surface area contributed by atoms with Crippen LogP contribution in [0, 0.1) is 105 Å². The van der Waals surface area contributed by atoms with Crippen LogP contribution in [0.3, 0.4) is 0 Å². The average molecular weight is 790 g/mol. The maximum atomic E-state index is 16.5. The number of hydrogen-bond donors (Lipinski definition) is 0. The number of benzene rings is 5. The quantitative estimate of drug-likeness (QED) is 0.0765. The maximum Gasteiger partial charge on any atom is 0.569 e. The van der Waals surface area contributed by atoms with Crippen LogP contribution in [0.1, 0.15) is 11.1 Å². The Labute approximate surface area is 275 Å². The summed E-state index contributed by atoms with van der Waals surface area (Å²) in [5.41, 5.74) is -8.28. The Bertz CT molecular complexity index is 2540. The van der Waals surface area contributed by atoms with Crippen molar-refractivity contribution in [2.75, 3.05) is 0 Å². The summed E-state index contributed by atoms with van der Waals surface area (Å²) in [6, 6.07) is 0. The molecule has 24 heteroatoms. The molecule has 0 fully saturated rings. The van der Waals surface area contributed by atoms with E-state index in [0.29, 0.717) is 0 Å². The third kappa shape index (κ3) is 4.78. The van der Waals surface area contributed by atoms with E-state index in [1.807, 2.05) is 0 Å². The van der Waals surface area contributed by atoms with Crippen molar-refractivity contribution in [2.24, 2.45) is 0 Å². The summed E-state index contributed by atoms with van der Waals surface area (Å²) < 4.78 is 318. The summed E-state index contributed by atoms with van der Waals surface area (Å²) in [5, 5.41) is -10.3. The van der Waals surface area contributed by atoms with Crippen molar-refractivity contribution in [3.05, 3.63) is 122 Å². The van der Waals surface area contributed by atoms with Gasteiger partial charge in [0, 0.05) is 10.8 Å². The van der Waals surface area contributed by atoms with Crippen LogP contribution in [0.5, 0.6) is 5.75 Å². The third-order valence-corrected chi connectivity index (χ3v) is 7.69. The fraction of sp³-hybridized carbons (Fsp3) is 0.0345. The molecule has 0 aromatic heterocycles. The summed E-state index contributed by atoms with van der Waals surface area (Å²) in [7, 11) is -4.49. The van der Waals surface area contributed by atoms with Crippen molar-refractivity contribution in [3.8, 4) is 5.75 Å². The lowest BCUT2D eigenvalue weighted by Gasteiger charge is -2.28. The fourth-order valence-electron chi connectivity index (χ4n) is 5.33. The van der Waals surface area contributed by atoms with Crippen LogP contribution in [-0.4, -0.2) is 7.12 Å². The Morgan fingerprint density at radius 2 is 0.717 bits per heavy atom. The van der Waals surface area contributed by atoms with Crippen molar-refractivity contribution < 1.29 is 102 Å². The van der Waals surface area contributed by atoms with Gasteiger partial charge in [-0.1, -0.05) is 0 Å². The lowest BCUT2D eigenvalue weighted by atomic mass is 9.73. The molecular weight excluding hydrogens is 790 g/mol. The first kappa shape index (κ1) is 37.5. The second-order valence-corrected chi connectivity index (χ2v) is 10.4. The van der Waals surface area contributed by atoms with Crippen LogP contribution in [0.15, 0.2) is 5.83 Å². The molecule has 0 amide bonds. The normalized spacial score (nSPS) is 15.7. The van der Waals surface area contributed by atoms with E-state index in [2.05, 4.69) is 9.31 Å². The summed E-state index contributed by atoms with van der Waals surface area (Å²) in [6.07, 6.45) is 0. The zero-order chi connectivity index (χ0) is 39.7. The van der Waals surface area contributed by atoms with Gasteiger partial charge in [0.1, 0.15) is 0 Å². The molecule has 0 heterocycles. The minimum Gasteiger partial charge on any atom is -0.529 e. The molecule has 0 N–H and O–H groups in total. The first-order chi connectivity index (χ1) is 24.5. The van der Waals surface area contributed by atoms with Crippen molar-refractivity contribution in [3.63, 3.8) is 0 Å². The van der Waals surface area contributed by atoms with Gasteiger partial charge in [0.2, 0.25) is 11.6 Å². The molecule has 0 saturated carbocycles. The molecule has 1 aliphatic rings. The molecule has 53 heavy (non-hydrogen) atoms. The molecule has 5 aromatic carbocycles. The van der Waals surface area contributed by atoms with Gasteiger partial charge in [-0.15, -0.1) is 0 Å². The molecule has 0 saturated heterocycles. The number of rotatable bonds is 5. The Hall–Kier alpha value is -5.29. The van der Waals surface area contributed by atoms with Crippen LogP contribution < -0.4 is 10.1 Å². The minimum absolute atomic E-state index is 2.53. The predicted molar refractivity (Wildman–Crippen MR) is 133 cm³/mol. The zero-order valence-corrected chi connectivity index (χ0v) is 23.8. The van der Waals surface area contributed by atoms with Crippen LogP contribution in [0.4, 0.5) is 92.2 Å². The fourth-order valence-corrected chi connectivity index (χ4v) is 5.33. The predicted octanol–water partition coefficient (Wildman–Crippen LogP) is 9.73. The third-order valence-electron chi connectivity index (χ3n) is 7.69. The largest absolute Gasteiger partial charge is 0.569 e. The maximum absolute atomic E-state index is 16.5. The van der Waals surface area contributed by atoms with Gasteiger partial charge in [0.25, 0.3) is 5.85 Å². The van der Waals surface area contributed by atoms with E-state index in [1.54, 1.807) is 0 Å². The van der Waals surface area contributed by atoms with Crippen LogP contribution in [0.2, 0.25) is 0 Å². The lowest BCUT2D eigenvalue weighted by Crippen LogP contribution is -2.48. The Kier molecular flexibility index (Phi) is 8.58. The van der Waals surface area contributed by atoms with Gasteiger partial charge >= 0.3 is 7.12 Å². The van der Waals surface area contributed by atoms with Crippen molar-refractivity contribution >= 4 is 40.0 Å². The number of hydrogen-bond acceptors (Lipinski definition) is 2. The first-order valence-corrected chi connectivity index (χ1v) is 13.1. The van der Waals surface area contributed by atoms with Crippen LogP contribution in [-0.2, 0) is 10.5 Å². The van der Waals surface area contributed by atoms with Gasteiger partial charge < -0.3 is 9.31 Å². The lowest BCUT2D eigenvalue weighted by molar-refractivity contribution is -0.0620. The highest BCUT2D eigenvalue weighted by molar-refractivity contribution is 6.65. The van der Waals surface area contributed by atoms with Gasteiger partial charge in [0.15, 0.2) is 110 Å². The van der Waals surface area contributed by atoms with Crippen molar-refractivity contribution in [2.45, 2.75) is 5.85 Å². The standard InChI is InChI=1S/C29BF21O2/c31-8-1-2(10(33)20(43)19(8)42)9(32)18(41)17(40)7(1)30(53-29(51)6-5(15(38)28(29)50)14(37)23(46)25(48)16(6)39)52-27-4-3(12(35)24(47)26(27)49)11(34)21(44)22(45)13(4)36. The summed E-state index contributed by atoms with van der Waals surface area (Å²) in [6.45, 7) is 0. The van der Waals surface area contributed by atoms with Gasteiger partial charge in [-0.3, -0.25) is 0 Å². The monoisotopic (exact) mass is 790 g/mol. The van der Waals surface area contributed by atoms with E-state index >= 15 is 22.0 Å². The number of alkyl halides is 1. The van der Waals surface area contributed by atoms with Crippen molar-refractivity contribution in [1.82, 2.24) is 0 Å². The van der Waals surface area contributed by atoms with E-state index in [0.717, 1.165) is 0 Å². The highest BCUT2D eigenvalue weighted by Gasteiger charge is 2.58. The summed E-state index contributed by atoms with van der Waals surface area (Å²) in [5.74, 6) is -70.6. The van der Waals surface area contributed by atoms with E-state index in [1.165, 1.54) is 0 Å². The van der Waals surface area contributed by atoms with Crippen LogP contribution >= 0.6 is 0 Å². The molecule has 6 rings (SSSR count). The molecule has 278 valence electrons. The van der Waals surface area contributed by atoms with E-state index in [-0.39, 0.29) is 0 Å². The molecule has 2 nitrogen and oxygen atoms in total. The van der Waals surface area contributed by atoms with Gasteiger partial charge in [-0.25, -0.2) is 83.4 Å². The highest BCUT2D eigenvalue weighted by atomic mass is 19.2. The smallest absolute Gasteiger partial charge is 0.529 e. The SMILES string of the molecule is FC1=C(F)C(F)(OB(Oc2c(F)c(F)c(F)c3c(F)c(F)c(F)c(F)c23)c2c(F)c(F)c(F)c3c(F)c(F)c(F)c(F)c23)c2c(F)c(F)c(F)c(F)c21. The Morgan fingerprint density at radius 1 is 0.358 bits per heavy atom. The summed E-state index contributed by atoms with van der Waals surface area (Å²) in [4.78, 5) is 0. The molecule has 0 bridgehead atoms. The topological polar surface area (TPSA) is 18.5 Å². The Balaban J connectivity index is 1.79. The van der Waals surface area contributed by atoms with Gasteiger partial charge in [0.05, 0.1) is 27.3 Å². The highest BCUT2D eigenvalue weighted by Crippen LogP contribution is 2.53. The number of fused-ring (bicyclic) bond motifs is 3. The molecule has 5 aromatic rings. The second kappa shape index (κ2) is 12.1. The Morgan fingerprint density at radius 3 is 1.21 bits per heavy atom. The molecule has 1 aliphatic carbocycles. The average Bonchev–Trinajstić information content (AvgIpc) is 3.31. The molecular formula is C29BF21O2.